The number of nitrogens with zero attached hydrogens (tertiary/aromatic N) is 2. The number of benzene rings is 3. The van der Waals surface area contributed by atoms with Crippen LogP contribution in [0, 0.1) is 19.7 Å². The summed E-state index contributed by atoms with van der Waals surface area (Å²) in [6.45, 7) is 6.97. The van der Waals surface area contributed by atoms with Crippen LogP contribution in [0.1, 0.15) is 42.5 Å². The van der Waals surface area contributed by atoms with E-state index in [0.29, 0.717) is 23.2 Å². The largest absolute Gasteiger partial charge is 0.352 e. The molecule has 3 aromatic carbocycles. The Kier molecular flexibility index (Phi) is 10.5. The number of hydrogen-bond acceptors (Lipinski definition) is 4. The molecule has 0 aliphatic rings. The molecule has 7 nitrogen and oxygen atoms in total. The number of sulfonamides is 1. The molecule has 0 spiro atoms. The van der Waals surface area contributed by atoms with Crippen LogP contribution in [0.15, 0.2) is 72.8 Å². The van der Waals surface area contributed by atoms with Gasteiger partial charge < -0.3 is 10.2 Å². The molecule has 1 N–H and O–H groups in total. The molecule has 0 saturated carbocycles. The zero-order valence-electron chi connectivity index (χ0n) is 23.7. The second-order valence-corrected chi connectivity index (χ2v) is 12.1. The van der Waals surface area contributed by atoms with Crippen molar-refractivity contribution in [1.82, 2.24) is 10.2 Å². The first-order valence-corrected chi connectivity index (χ1v) is 15.2. The van der Waals surface area contributed by atoms with Crippen LogP contribution in [0.3, 0.4) is 0 Å². The topological polar surface area (TPSA) is 86.8 Å². The van der Waals surface area contributed by atoms with Crippen LogP contribution in [0.2, 0.25) is 0 Å². The van der Waals surface area contributed by atoms with Gasteiger partial charge in [0, 0.05) is 19.0 Å². The van der Waals surface area contributed by atoms with Gasteiger partial charge in [-0.3, -0.25) is 13.9 Å². The highest BCUT2D eigenvalue weighted by Gasteiger charge is 2.33. The predicted molar refractivity (Wildman–Crippen MR) is 157 cm³/mol. The number of carbonyl (C=O) groups is 2. The summed E-state index contributed by atoms with van der Waals surface area (Å²) in [7, 11) is -3.86. The summed E-state index contributed by atoms with van der Waals surface area (Å²) < 4.78 is 40.7. The smallest absolute Gasteiger partial charge is 0.244 e. The lowest BCUT2D eigenvalue weighted by atomic mass is 10.0. The summed E-state index contributed by atoms with van der Waals surface area (Å²) in [5, 5.41) is 2.99. The molecule has 0 aliphatic heterocycles. The Morgan fingerprint density at radius 1 is 0.950 bits per heavy atom. The van der Waals surface area contributed by atoms with Crippen LogP contribution >= 0.6 is 0 Å². The van der Waals surface area contributed by atoms with Gasteiger partial charge in [0.15, 0.2) is 0 Å². The summed E-state index contributed by atoms with van der Waals surface area (Å²) in [4.78, 5) is 29.2. The molecule has 0 saturated heterocycles. The SMILES string of the molecule is CC[C@@H](C)NC(=O)[C@H](Cc1ccccc1)N(Cc1ccc(F)cc1)C(=O)CN(c1cc(C)ccc1C)S(C)(=O)=O. The standard InChI is InChI=1S/C31H38FN3O4S/c1-6-24(4)33-31(37)29(19-25-10-8-7-9-11-25)34(20-26-14-16-27(32)17-15-26)30(36)21-35(40(5,38)39)28-18-22(2)12-13-23(28)3/h7-18,24,29H,6,19-21H2,1-5H3,(H,33,37)/t24-,29+/m1/s1. The molecule has 0 radical (unpaired) electrons. The summed E-state index contributed by atoms with van der Waals surface area (Å²) in [5.41, 5.74) is 3.41. The van der Waals surface area contributed by atoms with Gasteiger partial charge >= 0.3 is 0 Å². The molecule has 0 aliphatic carbocycles. The summed E-state index contributed by atoms with van der Waals surface area (Å²) >= 11 is 0. The van der Waals surface area contributed by atoms with Crippen molar-refractivity contribution in [1.29, 1.82) is 0 Å². The fourth-order valence-corrected chi connectivity index (χ4v) is 5.26. The Balaban J connectivity index is 2.08. The van der Waals surface area contributed by atoms with E-state index in [4.69, 9.17) is 0 Å². The van der Waals surface area contributed by atoms with E-state index < -0.39 is 34.3 Å². The molecular formula is C31H38FN3O4S. The fourth-order valence-electron chi connectivity index (χ4n) is 4.36. The molecule has 3 aromatic rings. The lowest BCUT2D eigenvalue weighted by molar-refractivity contribution is -0.140. The van der Waals surface area contributed by atoms with E-state index in [2.05, 4.69) is 5.32 Å². The Hall–Kier alpha value is -3.72. The molecule has 214 valence electrons. The fraction of sp³-hybridized carbons (Fsp3) is 0.355. The van der Waals surface area contributed by atoms with Crippen molar-refractivity contribution in [2.75, 3.05) is 17.1 Å². The minimum absolute atomic E-state index is 0.00502. The van der Waals surface area contributed by atoms with Gasteiger partial charge in [-0.2, -0.15) is 0 Å². The number of rotatable bonds is 12. The van der Waals surface area contributed by atoms with Gasteiger partial charge in [0.25, 0.3) is 0 Å². The normalized spacial score (nSPS) is 12.8. The molecule has 0 bridgehead atoms. The molecule has 0 unspecified atom stereocenters. The molecule has 0 fully saturated rings. The highest BCUT2D eigenvalue weighted by Crippen LogP contribution is 2.25. The molecule has 0 heterocycles. The van der Waals surface area contributed by atoms with E-state index in [1.165, 1.54) is 17.0 Å². The number of aryl methyl sites for hydroxylation is 2. The zero-order chi connectivity index (χ0) is 29.4. The second-order valence-electron chi connectivity index (χ2n) is 10.2. The molecule has 2 amide bonds. The van der Waals surface area contributed by atoms with E-state index in [-0.39, 0.29) is 24.9 Å². The first-order chi connectivity index (χ1) is 18.9. The summed E-state index contributed by atoms with van der Waals surface area (Å²) in [6.07, 6.45) is 1.98. The van der Waals surface area contributed by atoms with Gasteiger partial charge in [-0.15, -0.1) is 0 Å². The van der Waals surface area contributed by atoms with Crippen LogP contribution in [-0.2, 0) is 32.6 Å². The third kappa shape index (κ3) is 8.39. The van der Waals surface area contributed by atoms with Gasteiger partial charge in [-0.05, 0) is 67.6 Å². The average molecular weight is 568 g/mol. The van der Waals surface area contributed by atoms with Crippen molar-refractivity contribution in [3.05, 3.63) is 101 Å². The van der Waals surface area contributed by atoms with E-state index in [9.17, 15) is 22.4 Å². The maximum absolute atomic E-state index is 14.1. The predicted octanol–water partition coefficient (Wildman–Crippen LogP) is 4.76. The van der Waals surface area contributed by atoms with Crippen molar-refractivity contribution < 1.29 is 22.4 Å². The van der Waals surface area contributed by atoms with Crippen LogP contribution in [-0.4, -0.2) is 50.0 Å². The van der Waals surface area contributed by atoms with Crippen molar-refractivity contribution in [3.8, 4) is 0 Å². The number of carbonyl (C=O) groups excluding carboxylic acids is 2. The molecule has 0 aromatic heterocycles. The van der Waals surface area contributed by atoms with Gasteiger partial charge in [0.05, 0.1) is 11.9 Å². The van der Waals surface area contributed by atoms with Gasteiger partial charge in [0.2, 0.25) is 21.8 Å². The van der Waals surface area contributed by atoms with E-state index in [1.807, 2.05) is 57.2 Å². The molecule has 40 heavy (non-hydrogen) atoms. The van der Waals surface area contributed by atoms with Crippen LogP contribution < -0.4 is 9.62 Å². The number of halogens is 1. The third-order valence-electron chi connectivity index (χ3n) is 6.85. The minimum atomic E-state index is -3.86. The summed E-state index contributed by atoms with van der Waals surface area (Å²) in [6, 6.07) is 19.4. The van der Waals surface area contributed by atoms with E-state index in [0.717, 1.165) is 21.7 Å². The van der Waals surface area contributed by atoms with Gasteiger partial charge in [-0.25, -0.2) is 12.8 Å². The van der Waals surface area contributed by atoms with Gasteiger partial charge in [0.1, 0.15) is 18.4 Å². The Morgan fingerprint density at radius 2 is 1.60 bits per heavy atom. The number of anilines is 1. The van der Waals surface area contributed by atoms with Crippen molar-refractivity contribution >= 4 is 27.5 Å². The maximum atomic E-state index is 14.1. The first kappa shape index (κ1) is 30.8. The Bertz CT molecular complexity index is 1410. The third-order valence-corrected chi connectivity index (χ3v) is 7.98. The Morgan fingerprint density at radius 3 is 2.20 bits per heavy atom. The monoisotopic (exact) mass is 567 g/mol. The van der Waals surface area contributed by atoms with Crippen LogP contribution in [0.25, 0.3) is 0 Å². The number of nitrogens with one attached hydrogen (secondary N) is 1. The van der Waals surface area contributed by atoms with Crippen LogP contribution in [0.4, 0.5) is 10.1 Å². The first-order valence-electron chi connectivity index (χ1n) is 13.3. The Labute approximate surface area is 237 Å². The molecule has 3 rings (SSSR count). The lowest BCUT2D eigenvalue weighted by Crippen LogP contribution is -2.54. The van der Waals surface area contributed by atoms with E-state index in [1.54, 1.807) is 31.2 Å². The molecular weight excluding hydrogens is 529 g/mol. The molecule has 9 heteroatoms. The van der Waals surface area contributed by atoms with Crippen molar-refractivity contribution in [2.45, 2.75) is 59.2 Å². The molecule has 2 atom stereocenters. The second kappa shape index (κ2) is 13.6. The van der Waals surface area contributed by atoms with E-state index >= 15 is 0 Å². The maximum Gasteiger partial charge on any atom is 0.244 e. The van der Waals surface area contributed by atoms with Crippen LogP contribution in [0.5, 0.6) is 0 Å². The highest BCUT2D eigenvalue weighted by atomic mass is 32.2. The minimum Gasteiger partial charge on any atom is -0.352 e. The summed E-state index contributed by atoms with van der Waals surface area (Å²) in [5.74, 6) is -1.31. The van der Waals surface area contributed by atoms with Crippen molar-refractivity contribution in [2.24, 2.45) is 0 Å². The van der Waals surface area contributed by atoms with Crippen molar-refractivity contribution in [3.63, 3.8) is 0 Å². The lowest BCUT2D eigenvalue weighted by Gasteiger charge is -2.34. The number of hydrogen-bond donors (Lipinski definition) is 1. The van der Waals surface area contributed by atoms with Gasteiger partial charge in [-0.1, -0.05) is 61.5 Å². The zero-order valence-corrected chi connectivity index (χ0v) is 24.5. The average Bonchev–Trinajstić information content (AvgIpc) is 2.91. The highest BCUT2D eigenvalue weighted by molar-refractivity contribution is 7.92. The quantitative estimate of drug-likeness (QED) is 0.342. The number of amides is 2.